The molecule has 1 N–H and O–H groups in total. The molecule has 0 radical (unpaired) electrons. The Morgan fingerprint density at radius 2 is 1.89 bits per heavy atom. The van der Waals surface area contributed by atoms with Crippen LogP contribution in [0.25, 0.3) is 10.8 Å². The number of aromatic nitrogens is 3. The molecule has 0 amide bonds. The zero-order chi connectivity index (χ0) is 12.2. The van der Waals surface area contributed by atoms with Gasteiger partial charge in [0.2, 0.25) is 0 Å². The van der Waals surface area contributed by atoms with Crippen LogP contribution in [-0.2, 0) is 6.54 Å². The molecule has 3 rings (SSSR count). The maximum atomic E-state index is 4.36. The van der Waals surface area contributed by atoms with Crippen molar-refractivity contribution in [1.82, 2.24) is 15.2 Å². The van der Waals surface area contributed by atoms with Crippen molar-refractivity contribution in [2.24, 2.45) is 0 Å². The third-order valence-corrected chi connectivity index (χ3v) is 2.74. The molecule has 18 heavy (non-hydrogen) atoms. The third kappa shape index (κ3) is 2.13. The molecule has 0 aliphatic rings. The monoisotopic (exact) mass is 236 g/mol. The van der Waals surface area contributed by atoms with E-state index in [4.69, 9.17) is 0 Å². The van der Waals surface area contributed by atoms with Gasteiger partial charge in [-0.25, -0.2) is 4.98 Å². The van der Waals surface area contributed by atoms with Crippen molar-refractivity contribution < 1.29 is 0 Å². The summed E-state index contributed by atoms with van der Waals surface area (Å²) in [5, 5.41) is 13.5. The number of fused-ring (bicyclic) bond motifs is 1. The van der Waals surface area contributed by atoms with E-state index in [0.717, 1.165) is 16.9 Å². The molecular formula is C14H12N4. The number of anilines is 1. The first kappa shape index (κ1) is 10.7. The zero-order valence-corrected chi connectivity index (χ0v) is 9.74. The van der Waals surface area contributed by atoms with Gasteiger partial charge in [0.05, 0.1) is 12.2 Å². The van der Waals surface area contributed by atoms with Gasteiger partial charge in [-0.05, 0) is 23.6 Å². The topological polar surface area (TPSA) is 50.7 Å². The van der Waals surface area contributed by atoms with Crippen molar-refractivity contribution in [2.45, 2.75) is 6.54 Å². The summed E-state index contributed by atoms with van der Waals surface area (Å²) < 4.78 is 0. The molecule has 0 aliphatic carbocycles. The number of hydrogen-bond acceptors (Lipinski definition) is 4. The number of rotatable bonds is 3. The lowest BCUT2D eigenvalue weighted by atomic mass is 10.1. The zero-order valence-electron chi connectivity index (χ0n) is 9.74. The molecular weight excluding hydrogens is 224 g/mol. The average molecular weight is 236 g/mol. The molecule has 4 nitrogen and oxygen atoms in total. The minimum atomic E-state index is 0.620. The summed E-state index contributed by atoms with van der Waals surface area (Å²) in [4.78, 5) is 4.36. The Morgan fingerprint density at radius 3 is 2.78 bits per heavy atom. The number of benzene rings is 1. The summed E-state index contributed by atoms with van der Waals surface area (Å²) in [6, 6.07) is 14.0. The van der Waals surface area contributed by atoms with Crippen molar-refractivity contribution in [2.75, 3.05) is 5.32 Å². The lowest BCUT2D eigenvalue weighted by molar-refractivity contribution is 0.922. The highest BCUT2D eigenvalue weighted by atomic mass is 15.1. The van der Waals surface area contributed by atoms with Crippen LogP contribution in [0.1, 0.15) is 5.69 Å². The molecule has 2 aromatic heterocycles. The molecule has 3 aromatic rings. The Bertz CT molecular complexity index is 647. The van der Waals surface area contributed by atoms with Gasteiger partial charge in [-0.3, -0.25) is 0 Å². The van der Waals surface area contributed by atoms with Gasteiger partial charge in [0.15, 0.2) is 0 Å². The summed E-state index contributed by atoms with van der Waals surface area (Å²) in [6.07, 6.45) is 3.47. The van der Waals surface area contributed by atoms with Crippen molar-refractivity contribution >= 4 is 16.6 Å². The van der Waals surface area contributed by atoms with Crippen molar-refractivity contribution in [3.8, 4) is 0 Å². The Labute approximate surface area is 105 Å². The molecule has 0 saturated carbocycles. The van der Waals surface area contributed by atoms with Gasteiger partial charge in [0, 0.05) is 17.8 Å². The van der Waals surface area contributed by atoms with Crippen molar-refractivity contribution in [1.29, 1.82) is 0 Å². The molecule has 0 spiro atoms. The molecule has 4 heteroatoms. The lowest BCUT2D eigenvalue weighted by Crippen LogP contribution is -2.04. The van der Waals surface area contributed by atoms with Crippen LogP contribution in [0.4, 0.5) is 5.82 Å². The van der Waals surface area contributed by atoms with Gasteiger partial charge in [-0.2, -0.15) is 10.2 Å². The Morgan fingerprint density at radius 1 is 0.944 bits per heavy atom. The van der Waals surface area contributed by atoms with Gasteiger partial charge in [-0.15, -0.1) is 0 Å². The van der Waals surface area contributed by atoms with E-state index in [9.17, 15) is 0 Å². The molecule has 0 atom stereocenters. The van der Waals surface area contributed by atoms with E-state index < -0.39 is 0 Å². The molecule has 0 fully saturated rings. The molecule has 1 aromatic carbocycles. The average Bonchev–Trinajstić information content (AvgIpc) is 2.46. The minimum absolute atomic E-state index is 0.620. The number of hydrogen-bond donors (Lipinski definition) is 1. The van der Waals surface area contributed by atoms with Crippen LogP contribution in [0.2, 0.25) is 0 Å². The lowest BCUT2D eigenvalue weighted by Gasteiger charge is -2.07. The second-order valence-electron chi connectivity index (χ2n) is 3.95. The van der Waals surface area contributed by atoms with Crippen LogP contribution in [0.3, 0.4) is 0 Å². The van der Waals surface area contributed by atoms with E-state index in [0.29, 0.717) is 6.54 Å². The standard InChI is InChI=1S/C14H12N4/c1-2-6-13-11(4-1)7-9-15-14(13)16-10-12-5-3-8-17-18-12/h1-9H,10H2,(H,15,16). The fourth-order valence-electron chi connectivity index (χ4n) is 1.86. The van der Waals surface area contributed by atoms with Gasteiger partial charge in [-0.1, -0.05) is 24.3 Å². The van der Waals surface area contributed by atoms with Crippen LogP contribution in [0.5, 0.6) is 0 Å². The molecule has 0 saturated heterocycles. The van der Waals surface area contributed by atoms with Gasteiger partial charge in [0.1, 0.15) is 5.82 Å². The van der Waals surface area contributed by atoms with Crippen LogP contribution < -0.4 is 5.32 Å². The Kier molecular flexibility index (Phi) is 2.84. The highest BCUT2D eigenvalue weighted by Crippen LogP contribution is 2.20. The predicted molar refractivity (Wildman–Crippen MR) is 71.1 cm³/mol. The molecule has 88 valence electrons. The fourth-order valence-corrected chi connectivity index (χ4v) is 1.86. The largest absolute Gasteiger partial charge is 0.364 e. The van der Waals surface area contributed by atoms with Gasteiger partial charge in [0.25, 0.3) is 0 Å². The summed E-state index contributed by atoms with van der Waals surface area (Å²) in [7, 11) is 0. The van der Waals surface area contributed by atoms with Gasteiger partial charge < -0.3 is 5.32 Å². The van der Waals surface area contributed by atoms with E-state index in [1.165, 1.54) is 5.39 Å². The Hall–Kier alpha value is -2.49. The van der Waals surface area contributed by atoms with Crippen molar-refractivity contribution in [3.63, 3.8) is 0 Å². The normalized spacial score (nSPS) is 10.4. The van der Waals surface area contributed by atoms with Gasteiger partial charge >= 0.3 is 0 Å². The third-order valence-electron chi connectivity index (χ3n) is 2.74. The first-order valence-corrected chi connectivity index (χ1v) is 5.78. The predicted octanol–water partition coefficient (Wildman–Crippen LogP) is 2.64. The summed E-state index contributed by atoms with van der Waals surface area (Å²) in [6.45, 7) is 0.620. The maximum absolute atomic E-state index is 4.36. The highest BCUT2D eigenvalue weighted by molar-refractivity contribution is 5.91. The van der Waals surface area contributed by atoms with E-state index in [2.05, 4.69) is 32.6 Å². The van der Waals surface area contributed by atoms with Crippen LogP contribution >= 0.6 is 0 Å². The molecule has 2 heterocycles. The van der Waals surface area contributed by atoms with Crippen LogP contribution in [0, 0.1) is 0 Å². The minimum Gasteiger partial charge on any atom is -0.364 e. The second kappa shape index (κ2) is 4.79. The highest BCUT2D eigenvalue weighted by Gasteiger charge is 2.01. The smallest absolute Gasteiger partial charge is 0.134 e. The van der Waals surface area contributed by atoms with Crippen LogP contribution in [-0.4, -0.2) is 15.2 Å². The van der Waals surface area contributed by atoms with Crippen LogP contribution in [0.15, 0.2) is 54.9 Å². The number of nitrogens with zero attached hydrogens (tertiary/aromatic N) is 3. The van der Waals surface area contributed by atoms with Crippen molar-refractivity contribution in [3.05, 3.63) is 60.6 Å². The fraction of sp³-hybridized carbons (Fsp3) is 0.0714. The SMILES string of the molecule is c1cnnc(CNc2nccc3ccccc23)c1. The molecule has 0 bridgehead atoms. The van der Waals surface area contributed by atoms with E-state index in [-0.39, 0.29) is 0 Å². The summed E-state index contributed by atoms with van der Waals surface area (Å²) in [5.41, 5.74) is 0.896. The first-order valence-electron chi connectivity index (χ1n) is 5.78. The van der Waals surface area contributed by atoms with E-state index in [1.54, 1.807) is 12.4 Å². The summed E-state index contributed by atoms with van der Waals surface area (Å²) >= 11 is 0. The number of pyridine rings is 1. The Balaban J connectivity index is 1.87. The second-order valence-corrected chi connectivity index (χ2v) is 3.95. The van der Waals surface area contributed by atoms with E-state index >= 15 is 0 Å². The first-order chi connectivity index (χ1) is 8.93. The number of nitrogens with one attached hydrogen (secondary N) is 1. The van der Waals surface area contributed by atoms with E-state index in [1.807, 2.05) is 30.3 Å². The molecule has 0 unspecified atom stereocenters. The molecule has 0 aliphatic heterocycles. The summed E-state index contributed by atoms with van der Waals surface area (Å²) in [5.74, 6) is 0.874. The quantitative estimate of drug-likeness (QED) is 0.759. The maximum Gasteiger partial charge on any atom is 0.134 e.